The van der Waals surface area contributed by atoms with Crippen LogP contribution in [0.3, 0.4) is 0 Å². The van der Waals surface area contributed by atoms with Crippen molar-refractivity contribution in [3.05, 3.63) is 81.0 Å². The van der Waals surface area contributed by atoms with E-state index in [1.54, 1.807) is 48.5 Å². The van der Waals surface area contributed by atoms with Gasteiger partial charge in [0, 0.05) is 6.42 Å². The molecule has 0 aliphatic heterocycles. The highest BCUT2D eigenvalue weighted by Gasteiger charge is 2.29. The van der Waals surface area contributed by atoms with E-state index in [4.69, 9.17) is 5.73 Å². The molecule has 0 aliphatic carbocycles. The molecule has 0 saturated carbocycles. The molecule has 1 amide bonds. The number of nitrogens with one attached hydrogen (secondary N) is 2. The second-order valence-corrected chi connectivity index (χ2v) is 7.54. The largest absolute Gasteiger partial charge is 0.480 e. The smallest absolute Gasteiger partial charge is 0.329 e. The van der Waals surface area contributed by atoms with Crippen LogP contribution < -0.4 is 22.3 Å². The van der Waals surface area contributed by atoms with Gasteiger partial charge in [-0.2, -0.15) is 0 Å². The number of fused-ring (bicyclic) bond motifs is 1. The van der Waals surface area contributed by atoms with Crippen LogP contribution in [-0.4, -0.2) is 39.1 Å². The Labute approximate surface area is 183 Å². The van der Waals surface area contributed by atoms with E-state index in [9.17, 15) is 24.3 Å². The van der Waals surface area contributed by atoms with Gasteiger partial charge in [0.05, 0.1) is 10.9 Å². The summed E-state index contributed by atoms with van der Waals surface area (Å²) in [5.41, 5.74) is 5.21. The lowest BCUT2D eigenvalue weighted by Crippen LogP contribution is -2.49. The Kier molecular flexibility index (Phi) is 7.56. The zero-order valence-corrected chi connectivity index (χ0v) is 17.5. The monoisotopic (exact) mass is 438 g/mol. The molecule has 9 nitrogen and oxygen atoms in total. The molecule has 9 heteroatoms. The SMILES string of the molecule is NCCCC[C@H](NC(=O)[C@H](Cc1ccccc1)n1c(=O)[nH]c2ccccc2c1=O)C(=O)O. The van der Waals surface area contributed by atoms with Crippen LogP contribution in [0.1, 0.15) is 30.9 Å². The Balaban J connectivity index is 2.02. The van der Waals surface area contributed by atoms with E-state index in [-0.39, 0.29) is 18.2 Å². The van der Waals surface area contributed by atoms with Crippen LogP contribution in [0.5, 0.6) is 0 Å². The van der Waals surface area contributed by atoms with Gasteiger partial charge < -0.3 is 21.1 Å². The lowest BCUT2D eigenvalue weighted by atomic mass is 10.0. The first-order valence-corrected chi connectivity index (χ1v) is 10.4. The molecule has 0 saturated heterocycles. The fraction of sp³-hybridized carbons (Fsp3) is 0.304. The highest BCUT2D eigenvalue weighted by Crippen LogP contribution is 2.14. The number of carboxylic acid groups (broad SMARTS) is 1. The van der Waals surface area contributed by atoms with Crippen LogP contribution in [-0.2, 0) is 16.0 Å². The summed E-state index contributed by atoms with van der Waals surface area (Å²) in [5, 5.41) is 12.3. The Bertz CT molecular complexity index is 1200. The van der Waals surface area contributed by atoms with E-state index in [0.717, 1.165) is 10.1 Å². The van der Waals surface area contributed by atoms with Gasteiger partial charge in [-0.15, -0.1) is 0 Å². The number of carbonyl (C=O) groups is 2. The molecular weight excluding hydrogens is 412 g/mol. The molecule has 0 aliphatic rings. The summed E-state index contributed by atoms with van der Waals surface area (Å²) in [6.07, 6.45) is 1.38. The normalized spacial score (nSPS) is 12.9. The maximum atomic E-state index is 13.2. The van der Waals surface area contributed by atoms with Crippen molar-refractivity contribution in [2.45, 2.75) is 37.8 Å². The van der Waals surface area contributed by atoms with Crippen molar-refractivity contribution in [1.82, 2.24) is 14.9 Å². The van der Waals surface area contributed by atoms with E-state index in [0.29, 0.717) is 24.9 Å². The number of aromatic amines is 1. The van der Waals surface area contributed by atoms with Crippen LogP contribution in [0.25, 0.3) is 10.9 Å². The minimum absolute atomic E-state index is 0.0448. The molecule has 1 heterocycles. The molecule has 168 valence electrons. The van der Waals surface area contributed by atoms with Gasteiger partial charge in [0.25, 0.3) is 5.56 Å². The van der Waals surface area contributed by atoms with E-state index >= 15 is 0 Å². The first-order chi connectivity index (χ1) is 15.4. The topological polar surface area (TPSA) is 147 Å². The predicted octanol–water partition coefficient (Wildman–Crippen LogP) is 1.17. The van der Waals surface area contributed by atoms with E-state index in [1.165, 1.54) is 0 Å². The third-order valence-electron chi connectivity index (χ3n) is 5.28. The van der Waals surface area contributed by atoms with Gasteiger partial charge in [-0.3, -0.25) is 9.59 Å². The zero-order chi connectivity index (χ0) is 23.1. The molecule has 1 aromatic heterocycles. The van der Waals surface area contributed by atoms with Gasteiger partial charge in [-0.1, -0.05) is 42.5 Å². The molecule has 5 N–H and O–H groups in total. The summed E-state index contributed by atoms with van der Waals surface area (Å²) in [6, 6.07) is 13.1. The predicted molar refractivity (Wildman–Crippen MR) is 120 cm³/mol. The Morgan fingerprint density at radius 3 is 2.41 bits per heavy atom. The number of benzene rings is 2. The minimum atomic E-state index is -1.23. The number of nitrogens with zero attached hydrogens (tertiary/aromatic N) is 1. The van der Waals surface area contributed by atoms with Gasteiger partial charge in [0.15, 0.2) is 0 Å². The number of aromatic nitrogens is 2. The number of aliphatic carboxylic acids is 1. The lowest BCUT2D eigenvalue weighted by molar-refractivity contribution is -0.142. The number of hydrogen-bond acceptors (Lipinski definition) is 5. The molecule has 0 fully saturated rings. The number of rotatable bonds is 10. The maximum Gasteiger partial charge on any atom is 0.329 e. The van der Waals surface area contributed by atoms with Gasteiger partial charge in [0.1, 0.15) is 12.1 Å². The molecule has 3 rings (SSSR count). The van der Waals surface area contributed by atoms with Crippen molar-refractivity contribution in [1.29, 1.82) is 0 Å². The van der Waals surface area contributed by atoms with Crippen molar-refractivity contribution >= 4 is 22.8 Å². The summed E-state index contributed by atoms with van der Waals surface area (Å²) >= 11 is 0. The van der Waals surface area contributed by atoms with Crippen molar-refractivity contribution in [3.63, 3.8) is 0 Å². The Hall–Kier alpha value is -3.72. The number of unbranched alkanes of at least 4 members (excludes halogenated alkanes) is 1. The molecular formula is C23H26N4O5. The van der Waals surface area contributed by atoms with Crippen LogP contribution in [0.2, 0.25) is 0 Å². The Morgan fingerprint density at radius 2 is 1.72 bits per heavy atom. The highest BCUT2D eigenvalue weighted by molar-refractivity contribution is 5.86. The fourth-order valence-electron chi connectivity index (χ4n) is 3.62. The van der Waals surface area contributed by atoms with Crippen LogP contribution >= 0.6 is 0 Å². The van der Waals surface area contributed by atoms with Crippen LogP contribution in [0.4, 0.5) is 0 Å². The summed E-state index contributed by atoms with van der Waals surface area (Å²) in [6.45, 7) is 0.415. The van der Waals surface area contributed by atoms with Crippen LogP contribution in [0, 0.1) is 0 Å². The number of hydrogen-bond donors (Lipinski definition) is 4. The standard InChI is InChI=1S/C23H26N4O5/c24-13-7-6-12-18(22(30)31)25-20(28)19(14-15-8-2-1-3-9-15)27-21(29)16-10-4-5-11-17(16)26-23(27)32/h1-5,8-11,18-19H,6-7,12-14,24H2,(H,25,28)(H,26,32)(H,30,31)/t18-,19-/m0/s1. The summed E-state index contributed by atoms with van der Waals surface area (Å²) in [4.78, 5) is 53.5. The molecule has 0 unspecified atom stereocenters. The van der Waals surface area contributed by atoms with Gasteiger partial charge in [0.2, 0.25) is 5.91 Å². The molecule has 32 heavy (non-hydrogen) atoms. The lowest BCUT2D eigenvalue weighted by Gasteiger charge is -2.22. The molecule has 3 aromatic rings. The zero-order valence-electron chi connectivity index (χ0n) is 17.5. The third-order valence-corrected chi connectivity index (χ3v) is 5.28. The molecule has 0 radical (unpaired) electrons. The first-order valence-electron chi connectivity index (χ1n) is 10.4. The molecule has 2 atom stereocenters. The van der Waals surface area contributed by atoms with E-state index in [1.807, 2.05) is 6.07 Å². The van der Waals surface area contributed by atoms with E-state index in [2.05, 4.69) is 10.3 Å². The van der Waals surface area contributed by atoms with Crippen LogP contribution in [0.15, 0.2) is 64.2 Å². The van der Waals surface area contributed by atoms with Crippen molar-refractivity contribution in [3.8, 4) is 0 Å². The van der Waals surface area contributed by atoms with Gasteiger partial charge >= 0.3 is 11.7 Å². The number of amides is 1. The second kappa shape index (κ2) is 10.5. The number of carboxylic acids is 1. The van der Waals surface area contributed by atoms with Gasteiger partial charge in [-0.05, 0) is 43.5 Å². The Morgan fingerprint density at radius 1 is 1.03 bits per heavy atom. The number of para-hydroxylation sites is 1. The quantitative estimate of drug-likeness (QED) is 0.349. The number of nitrogens with two attached hydrogens (primary N) is 1. The number of H-pyrrole nitrogens is 1. The first kappa shape index (κ1) is 23.0. The van der Waals surface area contributed by atoms with Gasteiger partial charge in [-0.25, -0.2) is 14.2 Å². The molecule has 0 spiro atoms. The highest BCUT2D eigenvalue weighted by atomic mass is 16.4. The molecule has 2 aromatic carbocycles. The minimum Gasteiger partial charge on any atom is -0.480 e. The van der Waals surface area contributed by atoms with Crippen molar-refractivity contribution in [2.24, 2.45) is 5.73 Å². The van der Waals surface area contributed by atoms with Crippen molar-refractivity contribution in [2.75, 3.05) is 6.54 Å². The van der Waals surface area contributed by atoms with E-state index < -0.39 is 35.2 Å². The average molecular weight is 438 g/mol. The summed E-state index contributed by atoms with van der Waals surface area (Å²) < 4.78 is 0.865. The average Bonchev–Trinajstić information content (AvgIpc) is 2.78. The summed E-state index contributed by atoms with van der Waals surface area (Å²) in [5.74, 6) is -1.90. The fourth-order valence-corrected chi connectivity index (χ4v) is 3.62. The maximum absolute atomic E-state index is 13.2. The van der Waals surface area contributed by atoms with Crippen molar-refractivity contribution < 1.29 is 14.7 Å². The third kappa shape index (κ3) is 5.30. The molecule has 0 bridgehead atoms. The second-order valence-electron chi connectivity index (χ2n) is 7.54. The summed E-state index contributed by atoms with van der Waals surface area (Å²) in [7, 11) is 0. The number of carbonyl (C=O) groups excluding carboxylic acids is 1.